The number of anilines is 1. The molecule has 128 valence electrons. The summed E-state index contributed by atoms with van der Waals surface area (Å²) in [6, 6.07) is 14.3. The van der Waals surface area contributed by atoms with E-state index in [-0.39, 0.29) is 18.2 Å². The summed E-state index contributed by atoms with van der Waals surface area (Å²) in [6.07, 6.45) is 0.00612. The molecule has 1 amide bonds. The van der Waals surface area contributed by atoms with Crippen molar-refractivity contribution in [3.63, 3.8) is 0 Å². The number of halogens is 1. The molecule has 0 N–H and O–H groups in total. The summed E-state index contributed by atoms with van der Waals surface area (Å²) in [6.45, 7) is 0. The number of aromatic nitrogens is 2. The first-order chi connectivity index (χ1) is 12.1. The highest BCUT2D eigenvalue weighted by molar-refractivity contribution is 6.30. The summed E-state index contributed by atoms with van der Waals surface area (Å²) in [7, 11) is 3.28. The molecule has 0 atom stereocenters. The van der Waals surface area contributed by atoms with Gasteiger partial charge in [0.05, 0.1) is 7.11 Å². The van der Waals surface area contributed by atoms with E-state index >= 15 is 0 Å². The molecule has 0 fully saturated rings. The number of likely N-dealkylation sites (N-methyl/N-ethyl adjacent to an activating group) is 1. The number of hydrogen-bond acceptors (Lipinski definition) is 5. The highest BCUT2D eigenvalue weighted by Crippen LogP contribution is 2.21. The molecule has 0 unspecified atom stereocenters. The van der Waals surface area contributed by atoms with Gasteiger partial charge in [0.15, 0.2) is 0 Å². The Morgan fingerprint density at radius 2 is 2.00 bits per heavy atom. The van der Waals surface area contributed by atoms with Gasteiger partial charge >= 0.3 is 0 Å². The number of carbonyl (C=O) groups is 1. The molecule has 0 saturated carbocycles. The maximum atomic E-state index is 12.4. The van der Waals surface area contributed by atoms with Crippen LogP contribution in [0, 0.1) is 0 Å². The summed E-state index contributed by atoms with van der Waals surface area (Å²) in [5.74, 6) is 1.25. The van der Waals surface area contributed by atoms with Crippen LogP contribution in [-0.4, -0.2) is 30.2 Å². The van der Waals surface area contributed by atoms with Crippen LogP contribution in [0.25, 0.3) is 11.4 Å². The van der Waals surface area contributed by atoms with Crippen LogP contribution >= 0.6 is 11.6 Å². The fourth-order valence-corrected chi connectivity index (χ4v) is 2.45. The van der Waals surface area contributed by atoms with Gasteiger partial charge in [-0.05, 0) is 42.5 Å². The van der Waals surface area contributed by atoms with Gasteiger partial charge < -0.3 is 14.2 Å². The van der Waals surface area contributed by atoms with Crippen LogP contribution in [0.4, 0.5) is 5.69 Å². The normalized spacial score (nSPS) is 10.5. The lowest BCUT2D eigenvalue weighted by Crippen LogP contribution is -2.27. The van der Waals surface area contributed by atoms with Gasteiger partial charge in [0.25, 0.3) is 0 Å². The first kappa shape index (κ1) is 17.0. The Labute approximate surface area is 150 Å². The fourth-order valence-electron chi connectivity index (χ4n) is 2.26. The number of nitrogens with zero attached hydrogens (tertiary/aromatic N) is 3. The first-order valence-corrected chi connectivity index (χ1v) is 7.94. The largest absolute Gasteiger partial charge is 0.497 e. The first-order valence-electron chi connectivity index (χ1n) is 7.56. The van der Waals surface area contributed by atoms with Crippen molar-refractivity contribution in [2.24, 2.45) is 0 Å². The Morgan fingerprint density at radius 3 is 2.68 bits per heavy atom. The molecule has 3 aromatic rings. The smallest absolute Gasteiger partial charge is 0.236 e. The van der Waals surface area contributed by atoms with Gasteiger partial charge in [-0.2, -0.15) is 4.98 Å². The van der Waals surface area contributed by atoms with E-state index in [4.69, 9.17) is 20.9 Å². The zero-order valence-corrected chi connectivity index (χ0v) is 14.5. The standard InChI is InChI=1S/C18H16ClN3O3/c1-22(14-5-3-4-13(19)10-14)17(23)11-16-20-18(21-25-16)12-6-8-15(24-2)9-7-12/h3-10H,11H2,1-2H3. The average molecular weight is 358 g/mol. The molecule has 0 spiro atoms. The van der Waals surface area contributed by atoms with Crippen molar-refractivity contribution >= 4 is 23.2 Å². The molecule has 0 aliphatic heterocycles. The maximum absolute atomic E-state index is 12.4. The van der Waals surface area contributed by atoms with Gasteiger partial charge in [-0.25, -0.2) is 0 Å². The van der Waals surface area contributed by atoms with E-state index in [9.17, 15) is 4.79 Å². The third-order valence-electron chi connectivity index (χ3n) is 3.69. The quantitative estimate of drug-likeness (QED) is 0.697. The molecule has 1 heterocycles. The van der Waals surface area contributed by atoms with Crippen molar-refractivity contribution in [3.05, 3.63) is 59.4 Å². The molecular formula is C18H16ClN3O3. The van der Waals surface area contributed by atoms with Crippen LogP contribution in [0.5, 0.6) is 5.75 Å². The number of carbonyl (C=O) groups excluding carboxylic acids is 1. The second-order valence-electron chi connectivity index (χ2n) is 5.35. The Morgan fingerprint density at radius 1 is 1.24 bits per heavy atom. The summed E-state index contributed by atoms with van der Waals surface area (Å²) in [5, 5.41) is 4.49. The summed E-state index contributed by atoms with van der Waals surface area (Å²) < 4.78 is 10.3. The maximum Gasteiger partial charge on any atom is 0.236 e. The molecule has 6 nitrogen and oxygen atoms in total. The van der Waals surface area contributed by atoms with Crippen molar-refractivity contribution in [1.29, 1.82) is 0 Å². The van der Waals surface area contributed by atoms with E-state index in [0.29, 0.717) is 16.5 Å². The summed E-state index contributed by atoms with van der Waals surface area (Å²) in [5.41, 5.74) is 1.49. The molecular weight excluding hydrogens is 342 g/mol. The molecule has 0 saturated heterocycles. The van der Waals surface area contributed by atoms with Crippen LogP contribution < -0.4 is 9.64 Å². The van der Waals surface area contributed by atoms with Crippen LogP contribution in [0.15, 0.2) is 53.1 Å². The van der Waals surface area contributed by atoms with E-state index in [0.717, 1.165) is 11.3 Å². The second-order valence-corrected chi connectivity index (χ2v) is 5.79. The van der Waals surface area contributed by atoms with Crippen LogP contribution in [-0.2, 0) is 11.2 Å². The number of methoxy groups -OCH3 is 1. The van der Waals surface area contributed by atoms with Gasteiger partial charge in [0.2, 0.25) is 17.6 Å². The molecule has 0 bridgehead atoms. The molecule has 0 aliphatic carbocycles. The second kappa shape index (κ2) is 7.36. The highest BCUT2D eigenvalue weighted by atomic mass is 35.5. The molecule has 3 rings (SSSR count). The van der Waals surface area contributed by atoms with Gasteiger partial charge in [-0.15, -0.1) is 0 Å². The van der Waals surface area contributed by atoms with Crippen molar-refractivity contribution < 1.29 is 14.1 Å². The lowest BCUT2D eigenvalue weighted by molar-refractivity contribution is -0.118. The highest BCUT2D eigenvalue weighted by Gasteiger charge is 2.17. The van der Waals surface area contributed by atoms with E-state index in [1.165, 1.54) is 4.90 Å². The van der Waals surface area contributed by atoms with Gasteiger partial charge in [0, 0.05) is 23.3 Å². The Bertz CT molecular complexity index is 877. The van der Waals surface area contributed by atoms with E-state index in [1.54, 1.807) is 38.4 Å². The van der Waals surface area contributed by atoms with Crippen LogP contribution in [0.2, 0.25) is 5.02 Å². The lowest BCUT2D eigenvalue weighted by atomic mass is 10.2. The predicted molar refractivity (Wildman–Crippen MR) is 94.9 cm³/mol. The minimum Gasteiger partial charge on any atom is -0.497 e. The Balaban J connectivity index is 1.71. The van der Waals surface area contributed by atoms with Gasteiger partial charge in [0.1, 0.15) is 12.2 Å². The van der Waals surface area contributed by atoms with Crippen LogP contribution in [0.1, 0.15) is 5.89 Å². The van der Waals surface area contributed by atoms with Gasteiger partial charge in [-0.1, -0.05) is 22.8 Å². The van der Waals surface area contributed by atoms with Crippen molar-refractivity contribution in [2.45, 2.75) is 6.42 Å². The van der Waals surface area contributed by atoms with Crippen molar-refractivity contribution in [3.8, 4) is 17.1 Å². The third kappa shape index (κ3) is 3.97. The molecule has 1 aromatic heterocycles. The topological polar surface area (TPSA) is 68.5 Å². The number of benzene rings is 2. The SMILES string of the molecule is COc1ccc(-c2noc(CC(=O)N(C)c3cccc(Cl)c3)n2)cc1. The minimum absolute atomic E-state index is 0.00612. The van der Waals surface area contributed by atoms with E-state index in [2.05, 4.69) is 10.1 Å². The number of hydrogen-bond donors (Lipinski definition) is 0. The zero-order chi connectivity index (χ0) is 17.8. The Kier molecular flexibility index (Phi) is 5.00. The molecule has 0 radical (unpaired) electrons. The number of ether oxygens (including phenoxy) is 1. The average Bonchev–Trinajstić information content (AvgIpc) is 3.09. The monoisotopic (exact) mass is 357 g/mol. The summed E-state index contributed by atoms with van der Waals surface area (Å²) in [4.78, 5) is 18.2. The number of amides is 1. The summed E-state index contributed by atoms with van der Waals surface area (Å²) >= 11 is 5.96. The third-order valence-corrected chi connectivity index (χ3v) is 3.92. The fraction of sp³-hybridized carbons (Fsp3) is 0.167. The lowest BCUT2D eigenvalue weighted by Gasteiger charge is -2.16. The Hall–Kier alpha value is -2.86. The van der Waals surface area contributed by atoms with Crippen molar-refractivity contribution in [1.82, 2.24) is 10.1 Å². The molecule has 2 aromatic carbocycles. The zero-order valence-electron chi connectivity index (χ0n) is 13.8. The molecule has 0 aliphatic rings. The van der Waals surface area contributed by atoms with E-state index in [1.807, 2.05) is 24.3 Å². The van der Waals surface area contributed by atoms with E-state index < -0.39 is 0 Å². The van der Waals surface area contributed by atoms with Crippen molar-refractivity contribution in [2.75, 3.05) is 19.1 Å². The predicted octanol–water partition coefficient (Wildman–Crippen LogP) is 3.60. The number of rotatable bonds is 5. The molecule has 25 heavy (non-hydrogen) atoms. The van der Waals surface area contributed by atoms with Crippen LogP contribution in [0.3, 0.4) is 0 Å². The minimum atomic E-state index is -0.174. The molecule has 7 heteroatoms. The van der Waals surface area contributed by atoms with Gasteiger partial charge in [-0.3, -0.25) is 4.79 Å².